The van der Waals surface area contributed by atoms with Crippen molar-refractivity contribution >= 4 is 19.6 Å². The van der Waals surface area contributed by atoms with Crippen molar-refractivity contribution in [1.29, 1.82) is 0 Å². The number of hydrogen-bond donors (Lipinski definition) is 2. The second kappa shape index (κ2) is 7.57. The molecule has 0 aliphatic heterocycles. The molecule has 0 aromatic heterocycles. The van der Waals surface area contributed by atoms with Gasteiger partial charge in [-0.1, -0.05) is 0 Å². The van der Waals surface area contributed by atoms with E-state index >= 15 is 0 Å². The van der Waals surface area contributed by atoms with Crippen LogP contribution in [-0.2, 0) is 18.9 Å². The molecule has 0 heterocycles. The van der Waals surface area contributed by atoms with E-state index in [2.05, 4.69) is 19.9 Å². The highest BCUT2D eigenvalue weighted by atomic mass is 16.6. The Morgan fingerprint density at radius 2 is 1.46 bits per heavy atom. The van der Waals surface area contributed by atoms with Gasteiger partial charge < -0.3 is 19.9 Å². The quantitative estimate of drug-likeness (QED) is 0.459. The van der Waals surface area contributed by atoms with Crippen LogP contribution in [0.2, 0.25) is 0 Å². The molecular weight excluding hydrogens is 175 g/mol. The first kappa shape index (κ1) is 11.9. The molecule has 0 saturated carbocycles. The Labute approximate surface area is 77.3 Å². The summed E-state index contributed by atoms with van der Waals surface area (Å²) < 4.78 is 9.05. The third-order valence-electron chi connectivity index (χ3n) is 1.08. The van der Waals surface area contributed by atoms with Crippen molar-refractivity contribution in [2.75, 3.05) is 27.2 Å². The number of hydrogen-bond acceptors (Lipinski definition) is 6. The maximum atomic E-state index is 10.7. The van der Waals surface area contributed by atoms with E-state index in [1.807, 2.05) is 0 Å². The highest BCUT2D eigenvalue weighted by Crippen LogP contribution is 1.78. The minimum Gasteiger partial charge on any atom is -0.501 e. The van der Waals surface area contributed by atoms with Crippen molar-refractivity contribution in [1.82, 2.24) is 10.6 Å². The summed E-state index contributed by atoms with van der Waals surface area (Å²) in [7, 11) is 2.91. The molecule has 74 valence electrons. The monoisotopic (exact) mass is 188 g/mol. The molecule has 6 nitrogen and oxygen atoms in total. The lowest BCUT2D eigenvalue weighted by atomic mass is 10.4. The minimum absolute atomic E-state index is 0.101. The van der Waals surface area contributed by atoms with Gasteiger partial charge in [-0.3, -0.25) is 9.59 Å². The molecule has 2 N–H and O–H groups in total. The average Bonchev–Trinajstić information content (AvgIpc) is 2.05. The molecular formula is C6H13BN2O4. The van der Waals surface area contributed by atoms with E-state index in [1.54, 1.807) is 14.1 Å². The molecule has 0 fully saturated rings. The lowest BCUT2D eigenvalue weighted by molar-refractivity contribution is -0.138. The Hall–Kier alpha value is -1.08. The molecule has 0 aromatic carbocycles. The van der Waals surface area contributed by atoms with Crippen LogP contribution in [0.3, 0.4) is 0 Å². The molecule has 0 bridgehead atoms. The number of carbonyl (C=O) groups excluding carboxylic acids is 2. The van der Waals surface area contributed by atoms with E-state index in [1.165, 1.54) is 0 Å². The van der Waals surface area contributed by atoms with Crippen LogP contribution in [0.1, 0.15) is 0 Å². The van der Waals surface area contributed by atoms with Crippen LogP contribution in [0.15, 0.2) is 0 Å². The predicted octanol–water partition coefficient (Wildman–Crippen LogP) is -2.22. The Morgan fingerprint density at radius 1 is 1.08 bits per heavy atom. The maximum Gasteiger partial charge on any atom is 0.580 e. The molecule has 0 spiro atoms. The van der Waals surface area contributed by atoms with Gasteiger partial charge in [0.15, 0.2) is 0 Å². The van der Waals surface area contributed by atoms with Crippen molar-refractivity contribution in [2.24, 2.45) is 0 Å². The van der Waals surface area contributed by atoms with Gasteiger partial charge in [-0.25, -0.2) is 0 Å². The summed E-state index contributed by atoms with van der Waals surface area (Å²) in [5.41, 5.74) is 0. The second-order valence-corrected chi connectivity index (χ2v) is 2.21. The lowest BCUT2D eigenvalue weighted by Gasteiger charge is -2.03. The van der Waals surface area contributed by atoms with Crippen LogP contribution in [-0.4, -0.2) is 46.8 Å². The van der Waals surface area contributed by atoms with Crippen molar-refractivity contribution in [3.8, 4) is 0 Å². The Bertz CT molecular complexity index is 158. The molecule has 7 heteroatoms. The standard InChI is InChI=1S/C6H13BN2O4/c1-8-3-5(10)12-7-13-6(11)4-9-2/h7-9H,3-4H2,1-2H3. The zero-order valence-electron chi connectivity index (χ0n) is 7.75. The fraction of sp³-hybridized carbons (Fsp3) is 0.667. The maximum absolute atomic E-state index is 10.7. The topological polar surface area (TPSA) is 76.7 Å². The number of nitrogens with one attached hydrogen (secondary N) is 2. The SMILES string of the molecule is CNCC(=O)OBOC(=O)CNC. The molecule has 0 amide bonds. The van der Waals surface area contributed by atoms with Crippen LogP contribution in [0, 0.1) is 0 Å². The molecule has 0 atom stereocenters. The molecule has 0 rings (SSSR count). The third kappa shape index (κ3) is 7.29. The Morgan fingerprint density at radius 3 is 1.77 bits per heavy atom. The van der Waals surface area contributed by atoms with E-state index in [0.29, 0.717) is 0 Å². The zero-order valence-corrected chi connectivity index (χ0v) is 7.75. The summed E-state index contributed by atoms with van der Waals surface area (Å²) in [5, 5.41) is 5.21. The van der Waals surface area contributed by atoms with Crippen molar-refractivity contribution in [3.63, 3.8) is 0 Å². The molecule has 0 aliphatic carbocycles. The number of carbonyl (C=O) groups is 2. The molecule has 0 radical (unpaired) electrons. The lowest BCUT2D eigenvalue weighted by Crippen LogP contribution is -2.27. The largest absolute Gasteiger partial charge is 0.580 e. The minimum atomic E-state index is -0.459. The summed E-state index contributed by atoms with van der Waals surface area (Å²) in [4.78, 5) is 21.4. The van der Waals surface area contributed by atoms with Crippen LogP contribution < -0.4 is 10.6 Å². The molecule has 0 saturated heterocycles. The normalized spacial score (nSPS) is 9.08. The first-order valence-electron chi connectivity index (χ1n) is 3.81. The summed E-state index contributed by atoms with van der Waals surface area (Å²) in [6.45, 7) is 0.202. The van der Waals surface area contributed by atoms with Gasteiger partial charge >= 0.3 is 19.6 Å². The number of rotatable bonds is 6. The van der Waals surface area contributed by atoms with E-state index in [0.717, 1.165) is 0 Å². The van der Waals surface area contributed by atoms with Gasteiger partial charge in [0, 0.05) is 0 Å². The van der Waals surface area contributed by atoms with Crippen LogP contribution in [0.5, 0.6) is 0 Å². The third-order valence-corrected chi connectivity index (χ3v) is 1.08. The smallest absolute Gasteiger partial charge is 0.501 e. The van der Waals surface area contributed by atoms with Crippen molar-refractivity contribution in [3.05, 3.63) is 0 Å². The molecule has 0 unspecified atom stereocenters. The zero-order chi connectivity index (χ0) is 10.1. The molecule has 13 heavy (non-hydrogen) atoms. The van der Waals surface area contributed by atoms with Crippen LogP contribution in [0.4, 0.5) is 0 Å². The Balaban J connectivity index is 3.33. The Kier molecular flexibility index (Phi) is 6.94. The highest BCUT2D eigenvalue weighted by Gasteiger charge is 2.06. The molecule has 0 aliphatic rings. The van der Waals surface area contributed by atoms with E-state index in [-0.39, 0.29) is 20.8 Å². The van der Waals surface area contributed by atoms with Gasteiger partial charge in [-0.05, 0) is 14.1 Å². The average molecular weight is 188 g/mol. The van der Waals surface area contributed by atoms with Crippen LogP contribution in [0.25, 0.3) is 0 Å². The van der Waals surface area contributed by atoms with Gasteiger partial charge in [0.2, 0.25) is 0 Å². The predicted molar refractivity (Wildman–Crippen MR) is 47.2 cm³/mol. The highest BCUT2D eigenvalue weighted by molar-refractivity contribution is 6.26. The summed E-state index contributed by atoms with van der Waals surface area (Å²) >= 11 is 0. The van der Waals surface area contributed by atoms with Gasteiger partial charge in [-0.2, -0.15) is 0 Å². The van der Waals surface area contributed by atoms with Crippen molar-refractivity contribution < 1.29 is 18.9 Å². The molecule has 0 aromatic rings. The van der Waals surface area contributed by atoms with Gasteiger partial charge in [0.25, 0.3) is 0 Å². The summed E-state index contributed by atoms with van der Waals surface area (Å²) in [6, 6.07) is 0. The first-order valence-corrected chi connectivity index (χ1v) is 3.81. The second-order valence-electron chi connectivity index (χ2n) is 2.21. The van der Waals surface area contributed by atoms with Gasteiger partial charge in [0.05, 0.1) is 13.1 Å². The number of likely N-dealkylation sites (N-methyl/N-ethyl adjacent to an activating group) is 2. The summed E-state index contributed by atoms with van der Waals surface area (Å²) in [6.07, 6.45) is 0. The van der Waals surface area contributed by atoms with E-state index < -0.39 is 11.9 Å². The van der Waals surface area contributed by atoms with Crippen molar-refractivity contribution in [2.45, 2.75) is 0 Å². The van der Waals surface area contributed by atoms with Gasteiger partial charge in [0.1, 0.15) is 0 Å². The summed E-state index contributed by atoms with van der Waals surface area (Å²) in [5.74, 6) is -0.917. The van der Waals surface area contributed by atoms with E-state index in [9.17, 15) is 9.59 Å². The van der Waals surface area contributed by atoms with Crippen LogP contribution >= 0.6 is 0 Å². The van der Waals surface area contributed by atoms with Gasteiger partial charge in [-0.15, -0.1) is 0 Å². The first-order chi connectivity index (χ1) is 6.20. The fourth-order valence-electron chi connectivity index (χ4n) is 0.552. The fourth-order valence-corrected chi connectivity index (χ4v) is 0.552. The van der Waals surface area contributed by atoms with E-state index in [4.69, 9.17) is 0 Å².